The van der Waals surface area contributed by atoms with E-state index >= 15 is 0 Å². The molecule has 1 saturated heterocycles. The van der Waals surface area contributed by atoms with Crippen molar-refractivity contribution >= 4 is 23.2 Å². The highest BCUT2D eigenvalue weighted by atomic mass is 35.5. The number of nitrogens with one attached hydrogen (secondary N) is 1. The molecule has 0 saturated carbocycles. The Kier molecular flexibility index (Phi) is 5.02. The van der Waals surface area contributed by atoms with Gasteiger partial charge in [-0.3, -0.25) is 4.79 Å². The first-order valence-electron chi connectivity index (χ1n) is 6.37. The SMILES string of the molecule is O=C(CCC1CCOCC1)Nc1ccc(Cl)cc1. The van der Waals surface area contributed by atoms with E-state index in [9.17, 15) is 4.79 Å². The molecule has 1 aliphatic heterocycles. The summed E-state index contributed by atoms with van der Waals surface area (Å²) in [5.41, 5.74) is 0.802. The molecule has 0 bridgehead atoms. The van der Waals surface area contributed by atoms with Gasteiger partial charge in [-0.1, -0.05) is 11.6 Å². The number of hydrogen-bond donors (Lipinski definition) is 1. The van der Waals surface area contributed by atoms with Crippen molar-refractivity contribution in [3.8, 4) is 0 Å². The number of amides is 1. The van der Waals surface area contributed by atoms with E-state index in [0.29, 0.717) is 17.4 Å². The third kappa shape index (κ3) is 4.31. The monoisotopic (exact) mass is 267 g/mol. The lowest BCUT2D eigenvalue weighted by Crippen LogP contribution is -2.18. The minimum Gasteiger partial charge on any atom is -0.381 e. The van der Waals surface area contributed by atoms with Crippen molar-refractivity contribution in [3.05, 3.63) is 29.3 Å². The van der Waals surface area contributed by atoms with Crippen molar-refractivity contribution in [2.45, 2.75) is 25.7 Å². The lowest BCUT2D eigenvalue weighted by atomic mass is 9.95. The molecule has 1 heterocycles. The zero-order valence-corrected chi connectivity index (χ0v) is 11.1. The topological polar surface area (TPSA) is 38.3 Å². The Balaban J connectivity index is 1.73. The highest BCUT2D eigenvalue weighted by Gasteiger charge is 2.15. The maximum absolute atomic E-state index is 11.8. The van der Waals surface area contributed by atoms with Gasteiger partial charge in [0, 0.05) is 30.3 Å². The van der Waals surface area contributed by atoms with Crippen LogP contribution in [-0.2, 0) is 9.53 Å². The molecule has 0 radical (unpaired) electrons. The zero-order valence-electron chi connectivity index (χ0n) is 10.3. The average molecular weight is 268 g/mol. The summed E-state index contributed by atoms with van der Waals surface area (Å²) < 4.78 is 5.30. The summed E-state index contributed by atoms with van der Waals surface area (Å²) in [6.07, 6.45) is 3.68. The first kappa shape index (κ1) is 13.4. The largest absolute Gasteiger partial charge is 0.381 e. The maximum atomic E-state index is 11.8. The Bertz CT molecular complexity index is 385. The predicted octanol–water partition coefficient (Wildman–Crippen LogP) is 3.49. The number of rotatable bonds is 4. The Morgan fingerprint density at radius 2 is 1.94 bits per heavy atom. The Morgan fingerprint density at radius 3 is 2.61 bits per heavy atom. The molecular weight excluding hydrogens is 250 g/mol. The number of carbonyl (C=O) groups is 1. The summed E-state index contributed by atoms with van der Waals surface area (Å²) in [6.45, 7) is 1.67. The van der Waals surface area contributed by atoms with Crippen LogP contribution in [0.25, 0.3) is 0 Å². The van der Waals surface area contributed by atoms with Crippen LogP contribution in [0.1, 0.15) is 25.7 Å². The fraction of sp³-hybridized carbons (Fsp3) is 0.500. The first-order valence-corrected chi connectivity index (χ1v) is 6.75. The predicted molar refractivity (Wildman–Crippen MR) is 72.9 cm³/mol. The minimum atomic E-state index is 0.0730. The molecule has 1 aromatic carbocycles. The van der Waals surface area contributed by atoms with Gasteiger partial charge in [-0.15, -0.1) is 0 Å². The molecule has 1 N–H and O–H groups in total. The number of anilines is 1. The number of ether oxygens (including phenoxy) is 1. The van der Waals surface area contributed by atoms with Gasteiger partial charge in [0.2, 0.25) is 5.91 Å². The fourth-order valence-electron chi connectivity index (χ4n) is 2.13. The highest BCUT2D eigenvalue weighted by Crippen LogP contribution is 2.20. The molecule has 3 nitrogen and oxygen atoms in total. The van der Waals surface area contributed by atoms with Crippen molar-refractivity contribution in [3.63, 3.8) is 0 Å². The molecule has 0 aromatic heterocycles. The van der Waals surface area contributed by atoms with E-state index in [-0.39, 0.29) is 5.91 Å². The van der Waals surface area contributed by atoms with Gasteiger partial charge in [-0.2, -0.15) is 0 Å². The van der Waals surface area contributed by atoms with E-state index in [1.807, 2.05) is 12.1 Å². The lowest BCUT2D eigenvalue weighted by molar-refractivity contribution is -0.116. The van der Waals surface area contributed by atoms with Gasteiger partial charge in [-0.25, -0.2) is 0 Å². The molecule has 18 heavy (non-hydrogen) atoms. The van der Waals surface area contributed by atoms with Gasteiger partial charge in [0.15, 0.2) is 0 Å². The second-order valence-electron chi connectivity index (χ2n) is 4.65. The molecule has 0 atom stereocenters. The maximum Gasteiger partial charge on any atom is 0.224 e. The van der Waals surface area contributed by atoms with Gasteiger partial charge >= 0.3 is 0 Å². The average Bonchev–Trinajstić information content (AvgIpc) is 2.40. The normalized spacial score (nSPS) is 16.5. The Hall–Kier alpha value is -1.06. The molecule has 1 amide bonds. The van der Waals surface area contributed by atoms with E-state index in [4.69, 9.17) is 16.3 Å². The van der Waals surface area contributed by atoms with Gasteiger partial charge in [0.25, 0.3) is 0 Å². The minimum absolute atomic E-state index is 0.0730. The smallest absolute Gasteiger partial charge is 0.224 e. The van der Waals surface area contributed by atoms with Crippen LogP contribution < -0.4 is 5.32 Å². The van der Waals surface area contributed by atoms with E-state index in [2.05, 4.69) is 5.32 Å². The van der Waals surface area contributed by atoms with E-state index < -0.39 is 0 Å². The molecular formula is C14H18ClNO2. The molecule has 1 fully saturated rings. The van der Waals surface area contributed by atoms with Crippen molar-refractivity contribution in [2.24, 2.45) is 5.92 Å². The van der Waals surface area contributed by atoms with Crippen LogP contribution in [0.2, 0.25) is 5.02 Å². The number of halogens is 1. The van der Waals surface area contributed by atoms with E-state index in [0.717, 1.165) is 38.2 Å². The number of benzene rings is 1. The summed E-state index contributed by atoms with van der Waals surface area (Å²) in [6, 6.07) is 7.18. The summed E-state index contributed by atoms with van der Waals surface area (Å²) in [4.78, 5) is 11.8. The summed E-state index contributed by atoms with van der Waals surface area (Å²) >= 11 is 5.79. The second kappa shape index (κ2) is 6.76. The van der Waals surface area contributed by atoms with Gasteiger partial charge in [0.05, 0.1) is 0 Å². The van der Waals surface area contributed by atoms with Crippen molar-refractivity contribution in [2.75, 3.05) is 18.5 Å². The summed E-state index contributed by atoms with van der Waals surface area (Å²) in [5.74, 6) is 0.707. The Labute approximate surface area is 112 Å². The molecule has 1 aliphatic rings. The zero-order chi connectivity index (χ0) is 12.8. The van der Waals surface area contributed by atoms with Crippen LogP contribution in [-0.4, -0.2) is 19.1 Å². The Morgan fingerprint density at radius 1 is 1.28 bits per heavy atom. The van der Waals surface area contributed by atoms with E-state index in [1.54, 1.807) is 12.1 Å². The van der Waals surface area contributed by atoms with Crippen LogP contribution in [0, 0.1) is 5.92 Å². The lowest BCUT2D eigenvalue weighted by Gasteiger charge is -2.21. The third-order valence-corrected chi connectivity index (χ3v) is 3.50. The molecule has 0 unspecified atom stereocenters. The van der Waals surface area contributed by atoms with Crippen molar-refractivity contribution < 1.29 is 9.53 Å². The van der Waals surface area contributed by atoms with E-state index in [1.165, 1.54) is 0 Å². The number of hydrogen-bond acceptors (Lipinski definition) is 2. The number of carbonyl (C=O) groups excluding carboxylic acids is 1. The molecule has 2 rings (SSSR count). The molecule has 0 aliphatic carbocycles. The van der Waals surface area contributed by atoms with Crippen molar-refractivity contribution in [1.29, 1.82) is 0 Å². The van der Waals surface area contributed by atoms with Crippen LogP contribution >= 0.6 is 11.6 Å². The summed E-state index contributed by atoms with van der Waals surface area (Å²) in [5, 5.41) is 3.56. The first-order chi connectivity index (χ1) is 8.74. The van der Waals surface area contributed by atoms with Crippen LogP contribution in [0.3, 0.4) is 0 Å². The van der Waals surface area contributed by atoms with Crippen LogP contribution in [0.15, 0.2) is 24.3 Å². The standard InChI is InChI=1S/C14H18ClNO2/c15-12-2-4-13(5-3-12)16-14(17)6-1-11-7-9-18-10-8-11/h2-5,11H,1,6-10H2,(H,16,17). The van der Waals surface area contributed by atoms with Crippen molar-refractivity contribution in [1.82, 2.24) is 0 Å². The highest BCUT2D eigenvalue weighted by molar-refractivity contribution is 6.30. The molecule has 4 heteroatoms. The van der Waals surface area contributed by atoms with Gasteiger partial charge < -0.3 is 10.1 Å². The van der Waals surface area contributed by atoms with Crippen LogP contribution in [0.4, 0.5) is 5.69 Å². The van der Waals surface area contributed by atoms with Gasteiger partial charge in [-0.05, 0) is 49.4 Å². The summed E-state index contributed by atoms with van der Waals surface area (Å²) in [7, 11) is 0. The second-order valence-corrected chi connectivity index (χ2v) is 5.09. The molecule has 98 valence electrons. The molecule has 0 spiro atoms. The van der Waals surface area contributed by atoms with Crippen LogP contribution in [0.5, 0.6) is 0 Å². The van der Waals surface area contributed by atoms with Gasteiger partial charge in [0.1, 0.15) is 0 Å². The molecule has 1 aromatic rings. The fourth-order valence-corrected chi connectivity index (χ4v) is 2.25. The third-order valence-electron chi connectivity index (χ3n) is 3.25. The quantitative estimate of drug-likeness (QED) is 0.907.